The Balaban J connectivity index is 2.28. The van der Waals surface area contributed by atoms with Crippen molar-refractivity contribution in [3.63, 3.8) is 0 Å². The fourth-order valence-corrected chi connectivity index (χ4v) is 3.93. The minimum absolute atomic E-state index is 0.154. The van der Waals surface area contributed by atoms with Gasteiger partial charge in [0.25, 0.3) is 10.0 Å². The number of ether oxygens (including phenoxy) is 1. The van der Waals surface area contributed by atoms with Gasteiger partial charge in [-0.05, 0) is 36.8 Å². The number of nitrogens with one attached hydrogen (secondary N) is 1. The molecule has 0 saturated heterocycles. The maximum absolute atomic E-state index is 12.2. The van der Waals surface area contributed by atoms with E-state index in [-0.39, 0.29) is 11.5 Å². The van der Waals surface area contributed by atoms with Crippen molar-refractivity contribution in [1.29, 1.82) is 0 Å². The predicted octanol–water partition coefficient (Wildman–Crippen LogP) is 2.36. The first-order valence-electron chi connectivity index (χ1n) is 5.82. The summed E-state index contributed by atoms with van der Waals surface area (Å²) in [7, 11) is -2.08. The second kappa shape index (κ2) is 5.82. The molecule has 0 aliphatic heterocycles. The zero-order valence-electron chi connectivity index (χ0n) is 11.1. The number of sulfonamides is 1. The van der Waals surface area contributed by atoms with Crippen LogP contribution >= 0.6 is 11.3 Å². The van der Waals surface area contributed by atoms with E-state index in [0.717, 1.165) is 5.56 Å². The zero-order chi connectivity index (χ0) is 14.8. The molecule has 1 aromatic heterocycles. The van der Waals surface area contributed by atoms with Crippen molar-refractivity contribution in [2.24, 2.45) is 0 Å². The van der Waals surface area contributed by atoms with Crippen molar-refractivity contribution in [2.45, 2.75) is 18.4 Å². The highest BCUT2D eigenvalue weighted by Gasteiger charge is 2.17. The molecule has 5 nitrogen and oxygen atoms in total. The van der Waals surface area contributed by atoms with Gasteiger partial charge in [-0.3, -0.25) is 4.72 Å². The smallest absolute Gasteiger partial charge is 0.262 e. The lowest BCUT2D eigenvalue weighted by Gasteiger charge is -2.10. The molecule has 7 heteroatoms. The molecule has 0 bridgehead atoms. The molecule has 0 aliphatic rings. The molecule has 1 aromatic carbocycles. The fraction of sp³-hybridized carbons (Fsp3) is 0.231. The van der Waals surface area contributed by atoms with E-state index in [0.29, 0.717) is 16.3 Å². The Bertz CT molecular complexity index is 707. The summed E-state index contributed by atoms with van der Waals surface area (Å²) in [4.78, 5) is 0.763. The lowest BCUT2D eigenvalue weighted by Crippen LogP contribution is -2.13. The van der Waals surface area contributed by atoms with Crippen LogP contribution in [0.25, 0.3) is 0 Å². The van der Waals surface area contributed by atoms with E-state index >= 15 is 0 Å². The van der Waals surface area contributed by atoms with Gasteiger partial charge in [-0.15, -0.1) is 11.3 Å². The number of aryl methyl sites for hydroxylation is 1. The summed E-state index contributed by atoms with van der Waals surface area (Å²) in [6.07, 6.45) is 0. The van der Waals surface area contributed by atoms with Crippen LogP contribution in [-0.2, 0) is 16.6 Å². The molecule has 0 spiro atoms. The first kappa shape index (κ1) is 14.8. The van der Waals surface area contributed by atoms with Crippen LogP contribution in [0.1, 0.15) is 10.4 Å². The summed E-state index contributed by atoms with van der Waals surface area (Å²) < 4.78 is 32.1. The number of benzene rings is 1. The topological polar surface area (TPSA) is 75.6 Å². The summed E-state index contributed by atoms with van der Waals surface area (Å²) in [6, 6.07) is 6.57. The average Bonchev–Trinajstić information content (AvgIpc) is 2.90. The molecule has 0 radical (unpaired) electrons. The van der Waals surface area contributed by atoms with E-state index in [1.54, 1.807) is 32.2 Å². The minimum atomic E-state index is -3.64. The molecule has 2 aromatic rings. The van der Waals surface area contributed by atoms with Crippen LogP contribution in [0.2, 0.25) is 0 Å². The van der Waals surface area contributed by atoms with Crippen molar-refractivity contribution >= 4 is 27.0 Å². The zero-order valence-corrected chi connectivity index (χ0v) is 12.7. The number of rotatable bonds is 5. The monoisotopic (exact) mass is 313 g/mol. The van der Waals surface area contributed by atoms with Gasteiger partial charge in [0.2, 0.25) is 0 Å². The number of aliphatic hydroxyl groups excluding tert-OH is 1. The molecule has 1 heterocycles. The Morgan fingerprint density at radius 3 is 2.65 bits per heavy atom. The molecule has 2 N–H and O–H groups in total. The van der Waals surface area contributed by atoms with Crippen LogP contribution in [0.5, 0.6) is 5.75 Å². The summed E-state index contributed by atoms with van der Waals surface area (Å²) in [5.41, 5.74) is 1.27. The van der Waals surface area contributed by atoms with Crippen molar-refractivity contribution in [3.8, 4) is 5.75 Å². The average molecular weight is 313 g/mol. The van der Waals surface area contributed by atoms with Crippen LogP contribution in [0, 0.1) is 6.92 Å². The third-order valence-corrected chi connectivity index (χ3v) is 5.19. The van der Waals surface area contributed by atoms with Gasteiger partial charge in [0, 0.05) is 10.3 Å². The van der Waals surface area contributed by atoms with Gasteiger partial charge < -0.3 is 9.84 Å². The van der Waals surface area contributed by atoms with Gasteiger partial charge >= 0.3 is 0 Å². The highest BCUT2D eigenvalue weighted by atomic mass is 32.2. The Morgan fingerprint density at radius 1 is 1.35 bits per heavy atom. The van der Waals surface area contributed by atoms with E-state index in [4.69, 9.17) is 9.84 Å². The first-order valence-corrected chi connectivity index (χ1v) is 8.18. The third-order valence-electron chi connectivity index (χ3n) is 2.77. The molecule has 0 saturated carbocycles. The standard InChI is InChI=1S/C13H15NO4S2/c1-9-5-10(18-2)3-4-13(9)14-20(16,17)12-6-11(7-15)19-8-12/h3-6,8,14-15H,7H2,1-2H3. The van der Waals surface area contributed by atoms with Gasteiger partial charge in [0.15, 0.2) is 0 Å². The minimum Gasteiger partial charge on any atom is -0.497 e. The number of hydrogen-bond donors (Lipinski definition) is 2. The number of thiophene rings is 1. The lowest BCUT2D eigenvalue weighted by molar-refractivity contribution is 0.285. The van der Waals surface area contributed by atoms with Gasteiger partial charge in [0.1, 0.15) is 5.75 Å². The quantitative estimate of drug-likeness (QED) is 0.888. The summed E-state index contributed by atoms with van der Waals surface area (Å²) in [5.74, 6) is 0.670. The number of hydrogen-bond acceptors (Lipinski definition) is 5. The van der Waals surface area contributed by atoms with Crippen molar-refractivity contribution in [1.82, 2.24) is 0 Å². The second-order valence-corrected chi connectivity index (χ2v) is 6.87. The Morgan fingerprint density at radius 2 is 2.10 bits per heavy atom. The Hall–Kier alpha value is -1.57. The third kappa shape index (κ3) is 3.12. The van der Waals surface area contributed by atoms with Crippen LogP contribution in [0.3, 0.4) is 0 Å². The van der Waals surface area contributed by atoms with E-state index in [1.165, 1.54) is 22.8 Å². The molecule has 0 atom stereocenters. The van der Waals surface area contributed by atoms with Crippen LogP contribution in [-0.4, -0.2) is 20.6 Å². The van der Waals surface area contributed by atoms with Crippen LogP contribution < -0.4 is 9.46 Å². The molecule has 20 heavy (non-hydrogen) atoms. The lowest BCUT2D eigenvalue weighted by atomic mass is 10.2. The van der Waals surface area contributed by atoms with E-state index in [2.05, 4.69) is 4.72 Å². The molecular weight excluding hydrogens is 298 g/mol. The molecule has 108 valence electrons. The molecular formula is C13H15NO4S2. The van der Waals surface area contributed by atoms with E-state index < -0.39 is 10.0 Å². The number of aliphatic hydroxyl groups is 1. The normalized spacial score (nSPS) is 11.3. The fourth-order valence-electron chi connectivity index (χ4n) is 1.67. The number of methoxy groups -OCH3 is 1. The number of anilines is 1. The largest absolute Gasteiger partial charge is 0.497 e. The summed E-state index contributed by atoms with van der Waals surface area (Å²) in [6.45, 7) is 1.63. The summed E-state index contributed by atoms with van der Waals surface area (Å²) >= 11 is 1.21. The highest BCUT2D eigenvalue weighted by molar-refractivity contribution is 7.92. The molecule has 2 rings (SSSR count). The Labute approximate surface area is 121 Å². The Kier molecular flexibility index (Phi) is 4.32. The van der Waals surface area contributed by atoms with Gasteiger partial charge in [-0.25, -0.2) is 8.42 Å². The van der Waals surface area contributed by atoms with Crippen molar-refractivity contribution in [3.05, 3.63) is 40.1 Å². The SMILES string of the molecule is COc1ccc(NS(=O)(=O)c2csc(CO)c2)c(C)c1. The van der Waals surface area contributed by atoms with Gasteiger partial charge in [-0.2, -0.15) is 0 Å². The summed E-state index contributed by atoms with van der Waals surface area (Å²) in [5, 5.41) is 10.5. The molecule has 0 aliphatic carbocycles. The first-order chi connectivity index (χ1) is 9.46. The van der Waals surface area contributed by atoms with Crippen molar-refractivity contribution < 1.29 is 18.3 Å². The molecule has 0 amide bonds. The van der Waals surface area contributed by atoms with Crippen LogP contribution in [0.15, 0.2) is 34.5 Å². The molecule has 0 fully saturated rings. The van der Waals surface area contributed by atoms with Crippen LogP contribution in [0.4, 0.5) is 5.69 Å². The maximum Gasteiger partial charge on any atom is 0.262 e. The van der Waals surface area contributed by atoms with E-state index in [9.17, 15) is 8.42 Å². The van der Waals surface area contributed by atoms with E-state index in [1.807, 2.05) is 0 Å². The van der Waals surface area contributed by atoms with Crippen molar-refractivity contribution in [2.75, 3.05) is 11.8 Å². The highest BCUT2D eigenvalue weighted by Crippen LogP contribution is 2.25. The maximum atomic E-state index is 12.2. The van der Waals surface area contributed by atoms with Gasteiger partial charge in [-0.1, -0.05) is 0 Å². The molecule has 0 unspecified atom stereocenters. The predicted molar refractivity (Wildman–Crippen MR) is 78.8 cm³/mol. The van der Waals surface area contributed by atoms with Gasteiger partial charge in [0.05, 0.1) is 24.3 Å². The second-order valence-electron chi connectivity index (χ2n) is 4.19.